The third-order valence-electron chi connectivity index (χ3n) is 4.19. The lowest BCUT2D eigenvalue weighted by atomic mass is 10.0. The molecule has 0 aliphatic carbocycles. The van der Waals surface area contributed by atoms with E-state index >= 15 is 0 Å². The van der Waals surface area contributed by atoms with Gasteiger partial charge in [0, 0.05) is 32.0 Å². The van der Waals surface area contributed by atoms with Crippen LogP contribution in [0, 0.1) is 0 Å². The molecule has 1 unspecified atom stereocenters. The van der Waals surface area contributed by atoms with Gasteiger partial charge in [-0.2, -0.15) is 5.10 Å². The smallest absolute Gasteiger partial charge is 0.242 e. The fourth-order valence-electron chi connectivity index (χ4n) is 3.07. The first-order valence-electron chi connectivity index (χ1n) is 7.38. The topological polar surface area (TPSA) is 59.4 Å². The molecule has 1 amide bonds. The molecule has 2 aliphatic heterocycles. The van der Waals surface area contributed by atoms with Crippen molar-refractivity contribution in [2.75, 3.05) is 26.2 Å². The van der Waals surface area contributed by atoms with Crippen molar-refractivity contribution in [3.63, 3.8) is 0 Å². The summed E-state index contributed by atoms with van der Waals surface area (Å²) in [6, 6.07) is 2.02. The summed E-state index contributed by atoms with van der Waals surface area (Å²) in [5, 5.41) is 7.58. The van der Waals surface area contributed by atoms with E-state index in [4.69, 9.17) is 4.74 Å². The van der Waals surface area contributed by atoms with Crippen molar-refractivity contribution in [2.24, 2.45) is 0 Å². The van der Waals surface area contributed by atoms with Crippen molar-refractivity contribution in [2.45, 2.75) is 38.0 Å². The van der Waals surface area contributed by atoms with E-state index in [1.807, 2.05) is 28.8 Å². The largest absolute Gasteiger partial charge is 0.375 e. The highest BCUT2D eigenvalue weighted by molar-refractivity contribution is 5.85. The molecule has 3 heterocycles. The number of piperidine rings is 1. The van der Waals surface area contributed by atoms with Crippen LogP contribution >= 0.6 is 24.8 Å². The van der Waals surface area contributed by atoms with Gasteiger partial charge in [0.15, 0.2) is 0 Å². The number of hydrogen-bond donors (Lipinski definition) is 1. The van der Waals surface area contributed by atoms with Crippen LogP contribution in [0.5, 0.6) is 0 Å². The van der Waals surface area contributed by atoms with Gasteiger partial charge in [0.2, 0.25) is 5.91 Å². The molecule has 6 nitrogen and oxygen atoms in total. The Morgan fingerprint density at radius 2 is 2.23 bits per heavy atom. The lowest BCUT2D eigenvalue weighted by Gasteiger charge is -2.38. The van der Waals surface area contributed by atoms with Crippen molar-refractivity contribution < 1.29 is 9.53 Å². The summed E-state index contributed by atoms with van der Waals surface area (Å²) in [6.07, 6.45) is 5.82. The van der Waals surface area contributed by atoms with Crippen LogP contribution < -0.4 is 5.32 Å². The van der Waals surface area contributed by atoms with Crippen molar-refractivity contribution in [3.05, 3.63) is 18.5 Å². The van der Waals surface area contributed by atoms with E-state index in [0.29, 0.717) is 12.6 Å². The zero-order valence-electron chi connectivity index (χ0n) is 12.7. The molecule has 8 heteroatoms. The molecule has 126 valence electrons. The van der Waals surface area contributed by atoms with Crippen LogP contribution in [0.3, 0.4) is 0 Å². The van der Waals surface area contributed by atoms with E-state index in [1.165, 1.54) is 0 Å². The Kier molecular flexibility index (Phi) is 7.62. The molecule has 2 saturated heterocycles. The Bertz CT molecular complexity index is 458. The Labute approximate surface area is 143 Å². The summed E-state index contributed by atoms with van der Waals surface area (Å²) in [5.41, 5.74) is 0. The monoisotopic (exact) mass is 350 g/mol. The normalized spacial score (nSPS) is 28.4. The van der Waals surface area contributed by atoms with Crippen LogP contribution in [0.4, 0.5) is 0 Å². The summed E-state index contributed by atoms with van der Waals surface area (Å²) in [6.45, 7) is 4.97. The predicted molar refractivity (Wildman–Crippen MR) is 88.8 cm³/mol. The van der Waals surface area contributed by atoms with Gasteiger partial charge in [0.25, 0.3) is 0 Å². The van der Waals surface area contributed by atoms with Gasteiger partial charge in [0.1, 0.15) is 6.04 Å². The van der Waals surface area contributed by atoms with Crippen LogP contribution in [0.1, 0.15) is 25.8 Å². The maximum atomic E-state index is 12.6. The summed E-state index contributed by atoms with van der Waals surface area (Å²) in [7, 11) is 0. The van der Waals surface area contributed by atoms with Gasteiger partial charge in [-0.1, -0.05) is 0 Å². The minimum atomic E-state index is -0.208. The maximum Gasteiger partial charge on any atom is 0.242 e. The molecule has 0 spiro atoms. The molecule has 1 aromatic heterocycles. The van der Waals surface area contributed by atoms with E-state index in [9.17, 15) is 4.79 Å². The molecule has 1 N–H and O–H groups in total. The van der Waals surface area contributed by atoms with Gasteiger partial charge < -0.3 is 15.0 Å². The summed E-state index contributed by atoms with van der Waals surface area (Å²) < 4.78 is 7.54. The van der Waals surface area contributed by atoms with Crippen molar-refractivity contribution in [3.8, 4) is 0 Å². The van der Waals surface area contributed by atoms with Crippen molar-refractivity contribution >= 4 is 30.7 Å². The molecular formula is C14H24Cl2N4O2. The van der Waals surface area contributed by atoms with E-state index in [0.717, 1.165) is 32.5 Å². The standard InChI is InChI=1S/C14H22N4O2.2ClH/c1-11-13(15-6-9-20-11)14(19)17-7-2-4-12(10-17)18-8-3-5-16-18;;/h3,5,8,11-13,15H,2,4,6-7,9-10H2,1H3;2*1H/t11-,12?,13+;;/m1../s1. The molecule has 2 fully saturated rings. The van der Waals surface area contributed by atoms with Gasteiger partial charge in [-0.15, -0.1) is 24.8 Å². The van der Waals surface area contributed by atoms with Crippen LogP contribution in [-0.2, 0) is 9.53 Å². The minimum absolute atomic E-state index is 0. The minimum Gasteiger partial charge on any atom is -0.375 e. The van der Waals surface area contributed by atoms with Crippen LogP contribution in [0.15, 0.2) is 18.5 Å². The first-order chi connectivity index (χ1) is 9.75. The second-order valence-electron chi connectivity index (χ2n) is 5.57. The zero-order valence-corrected chi connectivity index (χ0v) is 14.3. The lowest BCUT2D eigenvalue weighted by Crippen LogP contribution is -2.57. The van der Waals surface area contributed by atoms with Gasteiger partial charge in [-0.25, -0.2) is 0 Å². The average Bonchev–Trinajstić information content (AvgIpc) is 3.01. The highest BCUT2D eigenvalue weighted by atomic mass is 35.5. The Morgan fingerprint density at radius 3 is 2.91 bits per heavy atom. The number of nitrogens with one attached hydrogen (secondary N) is 1. The third-order valence-corrected chi connectivity index (χ3v) is 4.19. The number of likely N-dealkylation sites (tertiary alicyclic amines) is 1. The molecule has 0 saturated carbocycles. The first kappa shape index (κ1) is 19.2. The number of morpholine rings is 1. The molecule has 0 radical (unpaired) electrons. The molecular weight excluding hydrogens is 327 g/mol. The number of aromatic nitrogens is 2. The number of nitrogens with zero attached hydrogens (tertiary/aromatic N) is 3. The van der Waals surface area contributed by atoms with Gasteiger partial charge in [-0.3, -0.25) is 9.48 Å². The third kappa shape index (κ3) is 4.13. The molecule has 3 rings (SSSR count). The fourth-order valence-corrected chi connectivity index (χ4v) is 3.07. The highest BCUT2D eigenvalue weighted by Gasteiger charge is 2.34. The molecule has 0 aromatic carbocycles. The Morgan fingerprint density at radius 1 is 1.41 bits per heavy atom. The molecule has 0 bridgehead atoms. The molecule has 3 atom stereocenters. The second-order valence-corrected chi connectivity index (χ2v) is 5.57. The summed E-state index contributed by atoms with van der Waals surface area (Å²) in [5.74, 6) is 0.161. The predicted octanol–water partition coefficient (Wildman–Crippen LogP) is 1.27. The van der Waals surface area contributed by atoms with Crippen molar-refractivity contribution in [1.29, 1.82) is 0 Å². The second kappa shape index (κ2) is 8.72. The Balaban J connectivity index is 0.00000121. The fraction of sp³-hybridized carbons (Fsp3) is 0.714. The van der Waals surface area contributed by atoms with Crippen LogP contribution in [0.25, 0.3) is 0 Å². The quantitative estimate of drug-likeness (QED) is 0.872. The number of ether oxygens (including phenoxy) is 1. The average molecular weight is 351 g/mol. The first-order valence-corrected chi connectivity index (χ1v) is 7.38. The molecule has 22 heavy (non-hydrogen) atoms. The van der Waals surface area contributed by atoms with Crippen molar-refractivity contribution in [1.82, 2.24) is 20.0 Å². The summed E-state index contributed by atoms with van der Waals surface area (Å²) in [4.78, 5) is 14.6. The highest BCUT2D eigenvalue weighted by Crippen LogP contribution is 2.22. The molecule has 2 aliphatic rings. The number of hydrogen-bond acceptors (Lipinski definition) is 4. The molecule has 1 aromatic rings. The number of carbonyl (C=O) groups excluding carboxylic acids is 1. The van der Waals surface area contributed by atoms with Crippen LogP contribution in [-0.4, -0.2) is 59.0 Å². The van der Waals surface area contributed by atoms with E-state index < -0.39 is 0 Å². The lowest BCUT2D eigenvalue weighted by molar-refractivity contribution is -0.141. The number of amides is 1. The Hall–Kier alpha value is -0.820. The van der Waals surface area contributed by atoms with E-state index in [1.54, 1.807) is 6.20 Å². The number of carbonyl (C=O) groups is 1. The zero-order chi connectivity index (χ0) is 13.9. The van der Waals surface area contributed by atoms with Gasteiger partial charge in [-0.05, 0) is 25.8 Å². The number of rotatable bonds is 2. The SMILES string of the molecule is C[C@H]1OCCN[C@@H]1C(=O)N1CCCC(n2cccn2)C1.Cl.Cl. The van der Waals surface area contributed by atoms with Crippen LogP contribution in [0.2, 0.25) is 0 Å². The van der Waals surface area contributed by atoms with Gasteiger partial charge >= 0.3 is 0 Å². The maximum absolute atomic E-state index is 12.6. The van der Waals surface area contributed by atoms with Gasteiger partial charge in [0.05, 0.1) is 18.8 Å². The van der Waals surface area contributed by atoms with E-state index in [2.05, 4.69) is 10.4 Å². The summed E-state index contributed by atoms with van der Waals surface area (Å²) >= 11 is 0. The number of halogens is 2. The van der Waals surface area contributed by atoms with E-state index in [-0.39, 0.29) is 42.9 Å².